The van der Waals surface area contributed by atoms with Crippen LogP contribution in [-0.4, -0.2) is 52.9 Å². The predicted molar refractivity (Wildman–Crippen MR) is 103 cm³/mol. The summed E-state index contributed by atoms with van der Waals surface area (Å²) in [6.45, 7) is 4.75. The molecule has 28 heavy (non-hydrogen) atoms. The third kappa shape index (κ3) is 4.68. The van der Waals surface area contributed by atoms with E-state index in [4.69, 9.17) is 14.6 Å². The molecule has 0 saturated carbocycles. The van der Waals surface area contributed by atoms with Crippen LogP contribution in [0.4, 0.5) is 4.79 Å². The summed E-state index contributed by atoms with van der Waals surface area (Å²) >= 11 is 0. The zero-order valence-corrected chi connectivity index (χ0v) is 15.4. The first-order chi connectivity index (χ1) is 13.6. The van der Waals surface area contributed by atoms with Crippen LogP contribution in [0.25, 0.3) is 11.1 Å². The summed E-state index contributed by atoms with van der Waals surface area (Å²) < 4.78 is 11.0. The summed E-state index contributed by atoms with van der Waals surface area (Å²) in [6, 6.07) is 8.89. The average molecular weight is 382 g/mol. The number of pyridine rings is 1. The van der Waals surface area contributed by atoms with Crippen molar-refractivity contribution in [2.24, 2.45) is 0 Å². The number of amides is 1. The number of nitrogens with zero attached hydrogens (tertiary/aromatic N) is 2. The van der Waals surface area contributed by atoms with Gasteiger partial charge < -0.3 is 19.5 Å². The van der Waals surface area contributed by atoms with E-state index in [-0.39, 0.29) is 24.3 Å². The summed E-state index contributed by atoms with van der Waals surface area (Å²) in [5.74, 6) is -0.379. The molecule has 2 heterocycles. The lowest BCUT2D eigenvalue weighted by Gasteiger charge is -2.24. The monoisotopic (exact) mass is 382 g/mol. The van der Waals surface area contributed by atoms with Crippen LogP contribution >= 0.6 is 0 Å². The minimum Gasteiger partial charge on any atom is -0.491 e. The lowest BCUT2D eigenvalue weighted by molar-refractivity contribution is 0.0696. The number of ether oxygens (including phenoxy) is 2. The Morgan fingerprint density at radius 1 is 1.29 bits per heavy atom. The quantitative estimate of drug-likeness (QED) is 0.736. The second-order valence-corrected chi connectivity index (χ2v) is 6.46. The summed E-state index contributed by atoms with van der Waals surface area (Å²) in [6.07, 6.45) is 5.88. The number of aromatic carboxylic acids is 1. The number of likely N-dealkylation sites (tertiary alicyclic amines) is 1. The number of rotatable bonds is 7. The first kappa shape index (κ1) is 19.4. The first-order valence-electron chi connectivity index (χ1n) is 9.04. The fourth-order valence-electron chi connectivity index (χ4n) is 3.14. The molecule has 1 amide bonds. The van der Waals surface area contributed by atoms with Crippen molar-refractivity contribution >= 4 is 12.1 Å². The van der Waals surface area contributed by atoms with E-state index >= 15 is 0 Å². The summed E-state index contributed by atoms with van der Waals surface area (Å²) in [7, 11) is 0. The Labute approximate surface area is 163 Å². The molecule has 0 bridgehead atoms. The van der Waals surface area contributed by atoms with Crippen molar-refractivity contribution in [3.63, 3.8) is 0 Å². The van der Waals surface area contributed by atoms with Crippen LogP contribution in [0.3, 0.4) is 0 Å². The molecule has 1 aliphatic heterocycles. The van der Waals surface area contributed by atoms with Crippen molar-refractivity contribution < 1.29 is 24.2 Å². The topological polar surface area (TPSA) is 89.0 Å². The number of hydrogen-bond acceptors (Lipinski definition) is 5. The van der Waals surface area contributed by atoms with Gasteiger partial charge in [0.2, 0.25) is 0 Å². The van der Waals surface area contributed by atoms with Crippen molar-refractivity contribution in [2.75, 3.05) is 19.8 Å². The van der Waals surface area contributed by atoms with Gasteiger partial charge in [-0.1, -0.05) is 24.8 Å². The Morgan fingerprint density at radius 2 is 2.14 bits per heavy atom. The standard InChI is InChI=1S/C21H22N2O5/c1-2-9-27-21(26)23-8-4-6-18(23)14-28-19-7-3-5-15(11-19)16-10-17(20(24)25)13-22-12-16/h2-3,5,7,10-13,18H,1,4,6,8-9,14H2,(H,24,25)/t18-/m0/s1. The number of benzene rings is 1. The molecule has 3 rings (SSSR count). The van der Waals surface area contributed by atoms with Gasteiger partial charge in [-0.2, -0.15) is 0 Å². The number of carboxylic acids is 1. The molecule has 0 unspecified atom stereocenters. The molecule has 7 heteroatoms. The number of carboxylic acid groups (broad SMARTS) is 1. The number of carbonyl (C=O) groups excluding carboxylic acids is 1. The molecule has 2 aromatic rings. The van der Waals surface area contributed by atoms with E-state index in [1.807, 2.05) is 24.3 Å². The van der Waals surface area contributed by atoms with Crippen LogP contribution in [-0.2, 0) is 4.74 Å². The van der Waals surface area contributed by atoms with Gasteiger partial charge in [0.1, 0.15) is 19.0 Å². The van der Waals surface area contributed by atoms with Gasteiger partial charge in [0.05, 0.1) is 11.6 Å². The lowest BCUT2D eigenvalue weighted by Crippen LogP contribution is -2.39. The Hall–Kier alpha value is -3.35. The van der Waals surface area contributed by atoms with E-state index in [0.717, 1.165) is 18.4 Å². The molecule has 1 aromatic carbocycles. The largest absolute Gasteiger partial charge is 0.491 e. The molecule has 0 radical (unpaired) electrons. The van der Waals surface area contributed by atoms with Crippen molar-refractivity contribution in [3.8, 4) is 16.9 Å². The SMILES string of the molecule is C=CCOC(=O)N1CCC[C@H]1COc1cccc(-c2cncc(C(=O)O)c2)c1. The van der Waals surface area contributed by atoms with Crippen LogP contribution in [0.2, 0.25) is 0 Å². The van der Waals surface area contributed by atoms with Gasteiger partial charge in [-0.05, 0) is 36.6 Å². The van der Waals surface area contributed by atoms with Gasteiger partial charge in [0, 0.05) is 24.5 Å². The van der Waals surface area contributed by atoms with E-state index in [2.05, 4.69) is 11.6 Å². The zero-order valence-electron chi connectivity index (χ0n) is 15.4. The van der Waals surface area contributed by atoms with Crippen LogP contribution in [0, 0.1) is 0 Å². The molecule has 0 aliphatic carbocycles. The minimum absolute atomic E-state index is 0.0435. The predicted octanol–water partition coefficient (Wildman–Crippen LogP) is 3.61. The minimum atomic E-state index is -1.02. The van der Waals surface area contributed by atoms with E-state index in [0.29, 0.717) is 24.5 Å². The van der Waals surface area contributed by atoms with Crippen LogP contribution in [0.5, 0.6) is 5.75 Å². The second-order valence-electron chi connectivity index (χ2n) is 6.46. The Bertz CT molecular complexity index is 867. The zero-order chi connectivity index (χ0) is 19.9. The van der Waals surface area contributed by atoms with Gasteiger partial charge in [0.15, 0.2) is 0 Å². The smallest absolute Gasteiger partial charge is 0.410 e. The molecule has 1 N–H and O–H groups in total. The first-order valence-corrected chi connectivity index (χ1v) is 9.04. The van der Waals surface area contributed by atoms with Gasteiger partial charge in [0.25, 0.3) is 0 Å². The molecular weight excluding hydrogens is 360 g/mol. The maximum Gasteiger partial charge on any atom is 0.410 e. The number of aromatic nitrogens is 1. The molecule has 1 saturated heterocycles. The normalized spacial score (nSPS) is 15.9. The molecule has 146 valence electrons. The molecule has 1 aliphatic rings. The third-order valence-electron chi connectivity index (χ3n) is 4.53. The molecule has 1 atom stereocenters. The summed E-state index contributed by atoms with van der Waals surface area (Å²) in [5, 5.41) is 9.13. The van der Waals surface area contributed by atoms with Gasteiger partial charge in [-0.15, -0.1) is 0 Å². The van der Waals surface area contributed by atoms with E-state index in [9.17, 15) is 9.59 Å². The maximum absolute atomic E-state index is 12.1. The highest BCUT2D eigenvalue weighted by atomic mass is 16.6. The third-order valence-corrected chi connectivity index (χ3v) is 4.53. The Kier molecular flexibility index (Phi) is 6.26. The highest BCUT2D eigenvalue weighted by molar-refractivity contribution is 5.88. The van der Waals surface area contributed by atoms with Crippen LogP contribution in [0.1, 0.15) is 23.2 Å². The van der Waals surface area contributed by atoms with Crippen LogP contribution in [0.15, 0.2) is 55.4 Å². The molecule has 7 nitrogen and oxygen atoms in total. The van der Waals surface area contributed by atoms with Gasteiger partial charge in [-0.25, -0.2) is 9.59 Å². The van der Waals surface area contributed by atoms with Crippen LogP contribution < -0.4 is 4.74 Å². The van der Waals surface area contributed by atoms with Crippen molar-refractivity contribution in [1.29, 1.82) is 0 Å². The molecule has 1 fully saturated rings. The Morgan fingerprint density at radius 3 is 2.93 bits per heavy atom. The molecule has 1 aromatic heterocycles. The highest BCUT2D eigenvalue weighted by Gasteiger charge is 2.30. The fourth-order valence-corrected chi connectivity index (χ4v) is 3.14. The van der Waals surface area contributed by atoms with E-state index < -0.39 is 5.97 Å². The molecule has 0 spiro atoms. The lowest BCUT2D eigenvalue weighted by atomic mass is 10.1. The number of carbonyl (C=O) groups is 2. The van der Waals surface area contributed by atoms with Crippen molar-refractivity contribution in [3.05, 3.63) is 60.9 Å². The fraction of sp³-hybridized carbons (Fsp3) is 0.286. The molecular formula is C21H22N2O5. The highest BCUT2D eigenvalue weighted by Crippen LogP contribution is 2.25. The van der Waals surface area contributed by atoms with Crippen molar-refractivity contribution in [2.45, 2.75) is 18.9 Å². The maximum atomic E-state index is 12.1. The van der Waals surface area contributed by atoms with Gasteiger partial charge in [-0.3, -0.25) is 4.98 Å². The van der Waals surface area contributed by atoms with E-state index in [1.54, 1.807) is 23.2 Å². The van der Waals surface area contributed by atoms with E-state index in [1.165, 1.54) is 6.20 Å². The summed E-state index contributed by atoms with van der Waals surface area (Å²) in [5.41, 5.74) is 1.63. The van der Waals surface area contributed by atoms with Crippen molar-refractivity contribution in [1.82, 2.24) is 9.88 Å². The average Bonchev–Trinajstić information content (AvgIpc) is 3.19. The van der Waals surface area contributed by atoms with Gasteiger partial charge >= 0.3 is 12.1 Å². The Balaban J connectivity index is 1.66. The second kappa shape index (κ2) is 9.03. The number of hydrogen-bond donors (Lipinski definition) is 1. The summed E-state index contributed by atoms with van der Waals surface area (Å²) in [4.78, 5) is 28.9.